The van der Waals surface area contributed by atoms with E-state index in [4.69, 9.17) is 5.73 Å². The first-order chi connectivity index (χ1) is 14.0. The molecule has 0 aliphatic rings. The summed E-state index contributed by atoms with van der Waals surface area (Å²) in [6, 6.07) is 5.77. The van der Waals surface area contributed by atoms with E-state index in [1.54, 1.807) is 0 Å². The van der Waals surface area contributed by atoms with Crippen LogP contribution in [0, 0.1) is 37.6 Å². The number of hydrogen-bond acceptors (Lipinski definition) is 9. The summed E-state index contributed by atoms with van der Waals surface area (Å²) in [5.74, 6) is -1.18. The van der Waals surface area contributed by atoms with Crippen LogP contribution in [-0.2, 0) is 9.47 Å². The molecule has 160 valence electrons. The van der Waals surface area contributed by atoms with Gasteiger partial charge in [0.05, 0.1) is 38.8 Å². The number of carbonyl (C=O) groups excluding carboxylic acids is 2. The zero-order valence-electron chi connectivity index (χ0n) is 16.4. The van der Waals surface area contributed by atoms with Crippen molar-refractivity contribution < 1.29 is 28.9 Å². The van der Waals surface area contributed by atoms with Crippen molar-refractivity contribution in [1.82, 2.24) is 0 Å². The first kappa shape index (κ1) is 24.7. The molecule has 0 amide bonds. The average Bonchev–Trinajstić information content (AvgIpc) is 2.67. The number of nitro benzene ring substituents is 2. The molecule has 0 heterocycles. The number of hydrogen-bond donors (Lipinski definition) is 1. The van der Waals surface area contributed by atoms with Crippen LogP contribution in [0.3, 0.4) is 0 Å². The van der Waals surface area contributed by atoms with Crippen molar-refractivity contribution in [2.75, 3.05) is 20.0 Å². The largest absolute Gasteiger partial charge is 0.465 e. The Hall–Kier alpha value is -3.29. The Bertz CT molecular complexity index is 941. The van der Waals surface area contributed by atoms with Crippen molar-refractivity contribution in [3.8, 4) is 0 Å². The third kappa shape index (κ3) is 5.40. The SMILES string of the molecule is COC(=O)c1ccc(I)c([N+](=O)[O-])c1C.COC(=O)c1ccc(N)c([N+](=O)[O-])c1C. The van der Waals surface area contributed by atoms with E-state index in [2.05, 4.69) is 9.47 Å². The summed E-state index contributed by atoms with van der Waals surface area (Å²) < 4.78 is 9.52. The van der Waals surface area contributed by atoms with E-state index in [1.165, 1.54) is 52.3 Å². The maximum atomic E-state index is 11.3. The number of nitrogen functional groups attached to an aromatic ring is 1. The fourth-order valence-electron chi connectivity index (χ4n) is 2.52. The predicted octanol–water partition coefficient (Wildman–Crippen LogP) is 3.57. The first-order valence-electron chi connectivity index (χ1n) is 8.11. The summed E-state index contributed by atoms with van der Waals surface area (Å²) in [7, 11) is 2.45. The summed E-state index contributed by atoms with van der Waals surface area (Å²) in [5.41, 5.74) is 6.10. The standard InChI is InChI=1S/C9H8INO4.C9H10N2O4/c2*1-5-6(9(12)15-2)3-4-7(10)8(5)11(13)14/h3-4H,1-2H3;3-4H,10H2,1-2H3. The highest BCUT2D eigenvalue weighted by Gasteiger charge is 2.23. The molecule has 0 unspecified atom stereocenters. The van der Waals surface area contributed by atoms with E-state index in [1.807, 2.05) is 22.6 Å². The third-order valence-corrected chi connectivity index (χ3v) is 4.89. The molecule has 0 bridgehead atoms. The van der Waals surface area contributed by atoms with Crippen molar-refractivity contribution in [3.05, 3.63) is 70.3 Å². The molecule has 2 N–H and O–H groups in total. The lowest BCUT2D eigenvalue weighted by Crippen LogP contribution is -2.07. The summed E-state index contributed by atoms with van der Waals surface area (Å²) in [4.78, 5) is 42.8. The molecule has 0 aromatic heterocycles. The molecule has 0 aliphatic heterocycles. The number of esters is 2. The highest BCUT2D eigenvalue weighted by atomic mass is 127. The van der Waals surface area contributed by atoms with Gasteiger partial charge in [-0.25, -0.2) is 9.59 Å². The molecule has 2 rings (SSSR count). The smallest absolute Gasteiger partial charge is 0.338 e. The Morgan fingerprint density at radius 1 is 0.867 bits per heavy atom. The molecular weight excluding hydrogens is 513 g/mol. The number of halogens is 1. The second-order valence-corrected chi connectivity index (χ2v) is 6.90. The van der Waals surface area contributed by atoms with Crippen LogP contribution in [0.25, 0.3) is 0 Å². The molecule has 0 saturated heterocycles. The molecule has 0 fully saturated rings. The topological polar surface area (TPSA) is 165 Å². The number of rotatable bonds is 4. The lowest BCUT2D eigenvalue weighted by Gasteiger charge is -2.05. The first-order valence-corrected chi connectivity index (χ1v) is 9.19. The molecule has 0 saturated carbocycles. The van der Waals surface area contributed by atoms with Gasteiger partial charge >= 0.3 is 11.9 Å². The minimum Gasteiger partial charge on any atom is -0.465 e. The number of ether oxygens (including phenoxy) is 2. The molecule has 12 heteroatoms. The number of anilines is 1. The van der Waals surface area contributed by atoms with Gasteiger partial charge in [-0.05, 0) is 60.7 Å². The van der Waals surface area contributed by atoms with Crippen LogP contribution in [0.1, 0.15) is 31.8 Å². The molecule has 0 atom stereocenters. The van der Waals surface area contributed by atoms with E-state index in [0.717, 1.165) is 0 Å². The highest BCUT2D eigenvalue weighted by molar-refractivity contribution is 14.1. The summed E-state index contributed by atoms with van der Waals surface area (Å²) in [6.45, 7) is 2.99. The number of nitrogens with two attached hydrogens (primary N) is 1. The van der Waals surface area contributed by atoms with E-state index >= 15 is 0 Å². The van der Waals surface area contributed by atoms with Gasteiger partial charge in [-0.2, -0.15) is 0 Å². The Labute approximate surface area is 184 Å². The lowest BCUT2D eigenvalue weighted by molar-refractivity contribution is -0.386. The lowest BCUT2D eigenvalue weighted by atomic mass is 10.1. The molecule has 2 aromatic carbocycles. The van der Waals surface area contributed by atoms with Crippen LogP contribution in [0.4, 0.5) is 17.1 Å². The maximum Gasteiger partial charge on any atom is 0.338 e. The Morgan fingerprint density at radius 3 is 1.67 bits per heavy atom. The number of nitro groups is 2. The van der Waals surface area contributed by atoms with Crippen LogP contribution in [0.5, 0.6) is 0 Å². The van der Waals surface area contributed by atoms with Crippen molar-refractivity contribution in [3.63, 3.8) is 0 Å². The van der Waals surface area contributed by atoms with Gasteiger partial charge in [-0.3, -0.25) is 20.2 Å². The molecule has 30 heavy (non-hydrogen) atoms. The van der Waals surface area contributed by atoms with Crippen molar-refractivity contribution >= 4 is 51.6 Å². The number of carbonyl (C=O) groups is 2. The minimum atomic E-state index is -0.615. The van der Waals surface area contributed by atoms with Crippen LogP contribution >= 0.6 is 22.6 Å². The Morgan fingerprint density at radius 2 is 1.27 bits per heavy atom. The highest BCUT2D eigenvalue weighted by Crippen LogP contribution is 2.29. The van der Waals surface area contributed by atoms with Gasteiger partial charge < -0.3 is 15.2 Å². The average molecular weight is 531 g/mol. The zero-order valence-corrected chi connectivity index (χ0v) is 18.6. The number of nitrogens with zero attached hydrogens (tertiary/aromatic N) is 2. The second kappa shape index (κ2) is 10.5. The molecule has 0 aliphatic carbocycles. The van der Waals surface area contributed by atoms with Crippen molar-refractivity contribution in [1.29, 1.82) is 0 Å². The van der Waals surface area contributed by atoms with Gasteiger partial charge in [0.15, 0.2) is 0 Å². The van der Waals surface area contributed by atoms with Gasteiger partial charge in [0.2, 0.25) is 0 Å². The number of benzene rings is 2. The fraction of sp³-hybridized carbons (Fsp3) is 0.222. The van der Waals surface area contributed by atoms with E-state index in [0.29, 0.717) is 9.13 Å². The fourth-order valence-corrected chi connectivity index (χ4v) is 3.30. The van der Waals surface area contributed by atoms with Crippen LogP contribution < -0.4 is 5.73 Å². The van der Waals surface area contributed by atoms with Gasteiger partial charge in [0.1, 0.15) is 5.69 Å². The Balaban J connectivity index is 0.000000300. The van der Waals surface area contributed by atoms with Gasteiger partial charge in [-0.1, -0.05) is 0 Å². The predicted molar refractivity (Wildman–Crippen MR) is 115 cm³/mol. The summed E-state index contributed by atoms with van der Waals surface area (Å²) in [6.07, 6.45) is 0. The monoisotopic (exact) mass is 531 g/mol. The van der Waals surface area contributed by atoms with E-state index in [9.17, 15) is 29.8 Å². The summed E-state index contributed by atoms with van der Waals surface area (Å²) in [5, 5.41) is 21.4. The van der Waals surface area contributed by atoms with E-state index < -0.39 is 21.8 Å². The number of methoxy groups -OCH3 is 2. The second-order valence-electron chi connectivity index (χ2n) is 5.74. The zero-order chi connectivity index (χ0) is 23.2. The van der Waals surface area contributed by atoms with Gasteiger partial charge in [0.25, 0.3) is 11.4 Å². The van der Waals surface area contributed by atoms with Crippen molar-refractivity contribution in [2.24, 2.45) is 0 Å². The van der Waals surface area contributed by atoms with Crippen molar-refractivity contribution in [2.45, 2.75) is 13.8 Å². The quantitative estimate of drug-likeness (QED) is 0.204. The van der Waals surface area contributed by atoms with Crippen LogP contribution in [0.2, 0.25) is 0 Å². The van der Waals surface area contributed by atoms with Gasteiger partial charge in [0, 0.05) is 11.1 Å². The van der Waals surface area contributed by atoms with Crippen LogP contribution in [0.15, 0.2) is 24.3 Å². The molecular formula is C18H18IN3O8. The van der Waals surface area contributed by atoms with E-state index in [-0.39, 0.29) is 33.8 Å². The minimum absolute atomic E-state index is 0.0325. The van der Waals surface area contributed by atoms with Gasteiger partial charge in [-0.15, -0.1) is 0 Å². The third-order valence-electron chi connectivity index (χ3n) is 4.02. The molecule has 2 aromatic rings. The molecule has 11 nitrogen and oxygen atoms in total. The van der Waals surface area contributed by atoms with Crippen LogP contribution in [-0.4, -0.2) is 36.0 Å². The normalized spacial score (nSPS) is 9.77. The maximum absolute atomic E-state index is 11.3. The molecule has 0 radical (unpaired) electrons. The summed E-state index contributed by atoms with van der Waals surface area (Å²) >= 11 is 1.86. The Kier molecular flexibility index (Phi) is 8.64. The molecule has 0 spiro atoms.